The molecule has 5 saturated heterocycles. The van der Waals surface area contributed by atoms with Crippen molar-refractivity contribution in [2.75, 3.05) is 98.8 Å². The number of benzene rings is 2. The summed E-state index contributed by atoms with van der Waals surface area (Å²) >= 11 is 2.04. The van der Waals surface area contributed by atoms with E-state index in [1.165, 1.54) is 65.7 Å². The standard InChI is InChI=1S/C32H36F3N9O10S2.C28H29F3N8O9S.CH3F/c1-51-32-36-8-17(9-37-32)21-10-43(40-39-21)22-13-52-14-24(28(22)47)55-31-30(53-15-25(46)42-2-4-56(49,50)5-3-42)27(29(48)23(12-45)54-31)44-11-20(38-41-44)16-6-18(33)26(35)19(34)7-16;1-45-28-32-4-13(5-33-28)17-6-38(36-35-17)18-9-46-10-20(24(18)43)49-27-26(47-11-21(41)42)23(25(44)19(8-40)48-27)39-7-16(34-37-39)12-2-14(29)22(31)15(30)3-12;1-2/h6-11,22-24,27-31,45,47-48H,2-5,12-15H2,1H3;2-7,18-20,23-27,40,43-44H,8-11H2,1H3,(H,41,42);1H3/i;;1D. The van der Waals surface area contributed by atoms with Gasteiger partial charge in [-0.25, -0.2) is 78.2 Å². The van der Waals surface area contributed by atoms with E-state index in [1.807, 2.05) is 0 Å². The molecule has 6 aromatic heterocycles. The zero-order chi connectivity index (χ0) is 77.3. The fourth-order valence-corrected chi connectivity index (χ4v) is 16.1. The second kappa shape index (κ2) is 35.2. The van der Waals surface area contributed by atoms with Gasteiger partial charge in [-0.2, -0.15) is 0 Å². The highest BCUT2D eigenvalue weighted by Gasteiger charge is 2.52. The molecule has 5 fully saturated rings. The molecule has 46 heteroatoms. The first-order valence-electron chi connectivity index (χ1n) is 32.7. The van der Waals surface area contributed by atoms with Gasteiger partial charge >= 0.3 is 18.0 Å². The molecular weight excluding hydrogens is 1500 g/mol. The number of carboxylic acid groups (broad SMARTS) is 1. The number of hydrogen-bond acceptors (Lipinski definition) is 32. The Morgan fingerprint density at radius 1 is 0.561 bits per heavy atom. The average molecular weight is 1570 g/mol. The third kappa shape index (κ3) is 18.1. The summed E-state index contributed by atoms with van der Waals surface area (Å²) in [6.45, 7) is -2.76. The Kier molecular flexibility index (Phi) is 25.6. The predicted molar refractivity (Wildman–Crippen MR) is 351 cm³/mol. The number of aliphatic carboxylic acids is 1. The van der Waals surface area contributed by atoms with E-state index in [0.717, 1.165) is 45.0 Å². The lowest BCUT2D eigenvalue weighted by atomic mass is 9.97. The maximum Gasteiger partial charge on any atom is 0.329 e. The number of carboxylic acids is 1. The van der Waals surface area contributed by atoms with Gasteiger partial charge in [-0.05, 0) is 24.3 Å². The zero-order valence-electron chi connectivity index (χ0n) is 56.9. The Morgan fingerprint density at radius 3 is 1.28 bits per heavy atom. The van der Waals surface area contributed by atoms with Gasteiger partial charge in [0.25, 0.3) is 0 Å². The van der Waals surface area contributed by atoms with Crippen LogP contribution < -0.4 is 9.47 Å². The molecule has 8 aromatic rings. The number of carbonyl (C=O) groups excluding carboxylic acids is 1. The molecule has 0 aliphatic carbocycles. The van der Waals surface area contributed by atoms with Crippen molar-refractivity contribution in [3.05, 3.63) is 109 Å². The van der Waals surface area contributed by atoms with Crippen LogP contribution in [0.5, 0.6) is 12.0 Å². The number of sulfone groups is 1. The first-order chi connectivity index (χ1) is 51.8. The summed E-state index contributed by atoms with van der Waals surface area (Å²) in [5.41, 5.74) is -0.916. The van der Waals surface area contributed by atoms with Crippen LogP contribution in [0.4, 0.5) is 30.7 Å². The molecule has 578 valence electrons. The van der Waals surface area contributed by atoms with Crippen molar-refractivity contribution in [1.82, 2.24) is 84.8 Å². The third-order valence-electron chi connectivity index (χ3n) is 17.6. The molecule has 1 amide bonds. The molecular formula is C61H68F7N17O19S3. The van der Waals surface area contributed by atoms with Crippen LogP contribution in [0.15, 0.2) is 73.8 Å². The van der Waals surface area contributed by atoms with Crippen LogP contribution in [-0.2, 0) is 47.8 Å². The maximum atomic E-state index is 14.1. The molecule has 0 bridgehead atoms. The molecule has 36 nitrogen and oxygen atoms in total. The summed E-state index contributed by atoms with van der Waals surface area (Å²) in [4.78, 5) is 42.4. The largest absolute Gasteiger partial charge is 0.480 e. The summed E-state index contributed by atoms with van der Waals surface area (Å²) in [5, 5.41) is 107. The van der Waals surface area contributed by atoms with Gasteiger partial charge < -0.3 is 78.5 Å². The van der Waals surface area contributed by atoms with E-state index in [4.69, 9.17) is 39.3 Å². The normalized spacial score (nSPS) is 27.3. The molecule has 107 heavy (non-hydrogen) atoms. The highest BCUT2D eigenvalue weighted by Crippen LogP contribution is 2.44. The minimum Gasteiger partial charge on any atom is -0.480 e. The summed E-state index contributed by atoms with van der Waals surface area (Å²) in [6.07, 6.45) is 1.12. The number of thioether (sulfide) groups is 2. The fraction of sp³-hybridized carbons (Fsp3) is 0.508. The number of hydrogen-bond donors (Lipinski definition) is 7. The predicted octanol–water partition coefficient (Wildman–Crippen LogP) is 0.244. The van der Waals surface area contributed by atoms with Crippen molar-refractivity contribution in [1.29, 1.82) is 0 Å². The van der Waals surface area contributed by atoms with E-state index in [9.17, 15) is 84.5 Å². The van der Waals surface area contributed by atoms with Crippen molar-refractivity contribution in [2.45, 2.75) is 94.4 Å². The fourth-order valence-electron chi connectivity index (χ4n) is 12.0. The molecule has 5 aliphatic rings. The lowest BCUT2D eigenvalue weighted by Gasteiger charge is -2.45. The molecule has 13 rings (SSSR count). The molecule has 0 radical (unpaired) electrons. The Morgan fingerprint density at radius 2 is 0.916 bits per heavy atom. The average Bonchev–Trinajstić information content (AvgIpc) is 1.29. The van der Waals surface area contributed by atoms with E-state index in [0.29, 0.717) is 34.6 Å². The van der Waals surface area contributed by atoms with E-state index in [2.05, 4.69) is 61.2 Å². The van der Waals surface area contributed by atoms with Crippen LogP contribution in [0.2, 0.25) is 0 Å². The van der Waals surface area contributed by atoms with Crippen molar-refractivity contribution in [3.63, 3.8) is 0 Å². The summed E-state index contributed by atoms with van der Waals surface area (Å²) in [6, 6.07) is -0.804. The number of aromatic nitrogens is 16. The first kappa shape index (κ1) is 78.0. The molecule has 0 spiro atoms. The number of carbonyl (C=O) groups is 2. The lowest BCUT2D eigenvalue weighted by Crippen LogP contribution is -2.57. The maximum absolute atomic E-state index is 14.1. The van der Waals surface area contributed by atoms with Gasteiger partial charge in [-0.3, -0.25) is 9.18 Å². The Labute approximate surface area is 610 Å². The number of aliphatic hydroxyl groups is 6. The van der Waals surface area contributed by atoms with Crippen molar-refractivity contribution in [3.8, 4) is 57.1 Å². The van der Waals surface area contributed by atoms with Gasteiger partial charge in [0.15, 0.2) is 44.7 Å². The minimum atomic E-state index is -3.30. The van der Waals surface area contributed by atoms with Crippen LogP contribution in [0.3, 0.4) is 0 Å². The number of methoxy groups -OCH3 is 2. The highest BCUT2D eigenvalue weighted by atomic mass is 32.2. The minimum absolute atomic E-state index is 0.0101. The molecule has 16 unspecified atom stereocenters. The smallest absolute Gasteiger partial charge is 0.329 e. The summed E-state index contributed by atoms with van der Waals surface area (Å²) < 4.78 is 174. The molecule has 16 atom stereocenters. The van der Waals surface area contributed by atoms with Crippen molar-refractivity contribution >= 4 is 45.2 Å². The van der Waals surface area contributed by atoms with Crippen LogP contribution in [0.1, 0.15) is 25.5 Å². The van der Waals surface area contributed by atoms with Crippen LogP contribution in [-0.4, -0.2) is 310 Å². The Hall–Kier alpha value is -8.62. The summed E-state index contributed by atoms with van der Waals surface area (Å²) in [7, 11) is -1.44. The van der Waals surface area contributed by atoms with E-state index in [-0.39, 0.29) is 85.6 Å². The van der Waals surface area contributed by atoms with Gasteiger partial charge in [0.05, 0.1) is 121 Å². The van der Waals surface area contributed by atoms with Crippen molar-refractivity contribution < 1.29 is 124 Å². The van der Waals surface area contributed by atoms with E-state index < -0.39 is 185 Å². The quantitative estimate of drug-likeness (QED) is 0.0353. The number of halogens is 7. The Bertz CT molecular complexity index is 4420. The molecule has 2 aromatic carbocycles. The van der Waals surface area contributed by atoms with Gasteiger partial charge in [0.2, 0.25) is 5.91 Å². The number of aliphatic hydroxyl groups excluding tert-OH is 6. The number of rotatable bonds is 22. The van der Waals surface area contributed by atoms with E-state index >= 15 is 0 Å². The number of nitrogens with zero attached hydrogens (tertiary/aromatic N) is 17. The van der Waals surface area contributed by atoms with Crippen molar-refractivity contribution in [2.24, 2.45) is 0 Å². The SMILES string of the molecule is COc1ncc(-c2cn(C3COCC(SC4OC(CO)C(O)C(n5cc(-c6cc(F)c(F)c(F)c6)nn5)C4OCC(=O)N4CCS(=O)(=O)CC4)C3O)nn2)cn1.COc1ncc(-c2cn(C3COCC(SC4OC(CO)C(O)C(n5cc(-c6cc(F)c(F)c(F)c6)nn5)C4OCC(=O)O)C3O)nn2)cn1.[2H]CF. The molecule has 11 heterocycles. The highest BCUT2D eigenvalue weighted by molar-refractivity contribution is 8.00. The number of ether oxygens (including phenoxy) is 8. The van der Waals surface area contributed by atoms with Crippen LogP contribution in [0.25, 0.3) is 45.0 Å². The van der Waals surface area contributed by atoms with Gasteiger partial charge in [0.1, 0.15) is 108 Å². The Balaban J connectivity index is 0.000000209. The molecule has 7 N–H and O–H groups in total. The lowest BCUT2D eigenvalue weighted by molar-refractivity contribution is -0.197. The summed E-state index contributed by atoms with van der Waals surface area (Å²) in [5.74, 6) is -11.5. The van der Waals surface area contributed by atoms with E-state index in [1.54, 1.807) is 12.4 Å². The second-order valence-electron chi connectivity index (χ2n) is 24.2. The number of amides is 1. The van der Waals surface area contributed by atoms with Gasteiger partial charge in [-0.1, -0.05) is 20.9 Å². The second-order valence-corrected chi connectivity index (χ2v) is 29.2. The van der Waals surface area contributed by atoms with Gasteiger partial charge in [0, 0.05) is 60.1 Å². The number of alkyl halides is 1. The molecule has 5 aliphatic heterocycles. The topological polar surface area (TPSA) is 461 Å². The van der Waals surface area contributed by atoms with Crippen LogP contribution >= 0.6 is 23.5 Å². The third-order valence-corrected chi connectivity index (χ3v) is 22.0. The van der Waals surface area contributed by atoms with Crippen LogP contribution in [0, 0.1) is 34.9 Å². The molecule has 0 saturated carbocycles. The first-order valence-corrected chi connectivity index (χ1v) is 35.7. The van der Waals surface area contributed by atoms with Gasteiger partial charge in [-0.15, -0.1) is 43.9 Å². The monoisotopic (exact) mass is 1570 g/mol. The zero-order valence-corrected chi connectivity index (χ0v) is 58.3.